The Morgan fingerprint density at radius 1 is 0.967 bits per heavy atom. The number of carbonyl (C=O) groups excluding carboxylic acids is 1. The molecule has 0 bridgehead atoms. The molecule has 0 radical (unpaired) electrons. The highest BCUT2D eigenvalue weighted by molar-refractivity contribution is 6.12. The highest BCUT2D eigenvalue weighted by atomic mass is 16.6. The predicted molar refractivity (Wildman–Crippen MR) is 116 cm³/mol. The molecule has 0 fully saturated rings. The van der Waals surface area contributed by atoms with Crippen LogP contribution in [-0.4, -0.2) is 19.0 Å². The second kappa shape index (κ2) is 8.66. The maximum atomic E-state index is 12.2. The van der Waals surface area contributed by atoms with Crippen LogP contribution in [0.1, 0.15) is 22.3 Å². The molecule has 0 unspecified atom stereocenters. The summed E-state index contributed by atoms with van der Waals surface area (Å²) in [6, 6.07) is 22.9. The Hall–Kier alpha value is -3.86. The van der Waals surface area contributed by atoms with Crippen molar-refractivity contribution in [1.29, 1.82) is 0 Å². The third-order valence-electron chi connectivity index (χ3n) is 4.78. The van der Waals surface area contributed by atoms with Crippen LogP contribution < -0.4 is 9.47 Å². The number of nitrogens with zero attached hydrogens (tertiary/aromatic N) is 1. The number of aryl methyl sites for hydroxylation is 1. The summed E-state index contributed by atoms with van der Waals surface area (Å²) < 4.78 is 16.4. The van der Waals surface area contributed by atoms with Crippen LogP contribution >= 0.6 is 0 Å². The molecule has 0 aromatic heterocycles. The Balaban J connectivity index is 1.47. The molecule has 0 aliphatic carbocycles. The lowest BCUT2D eigenvalue weighted by molar-refractivity contribution is -0.129. The number of benzene rings is 3. The van der Waals surface area contributed by atoms with Crippen LogP contribution in [0.25, 0.3) is 6.08 Å². The number of methoxy groups -OCH3 is 1. The highest BCUT2D eigenvalue weighted by Gasteiger charge is 2.24. The van der Waals surface area contributed by atoms with Gasteiger partial charge in [-0.05, 0) is 60.0 Å². The Kier molecular flexibility index (Phi) is 5.61. The quantitative estimate of drug-likeness (QED) is 0.436. The van der Waals surface area contributed by atoms with Gasteiger partial charge in [-0.2, -0.15) is 0 Å². The molecule has 1 aliphatic heterocycles. The normalized spacial score (nSPS) is 14.4. The SMILES string of the molecule is COc1cccc(C2=NC(=Cc3ccc(OCc4ccccc4C)cc3)C(=O)O2)c1. The van der Waals surface area contributed by atoms with Gasteiger partial charge in [-0.25, -0.2) is 9.79 Å². The largest absolute Gasteiger partial charge is 0.497 e. The zero-order valence-electron chi connectivity index (χ0n) is 16.8. The molecule has 5 nitrogen and oxygen atoms in total. The van der Waals surface area contributed by atoms with E-state index < -0.39 is 5.97 Å². The van der Waals surface area contributed by atoms with Crippen LogP contribution in [0, 0.1) is 6.92 Å². The standard InChI is InChI=1S/C25H21NO4/c1-17-6-3-4-7-20(17)16-29-21-12-10-18(11-13-21)14-23-25(27)30-24(26-23)19-8-5-9-22(15-19)28-2/h3-15H,16H2,1-2H3. The lowest BCUT2D eigenvalue weighted by Gasteiger charge is -2.08. The number of cyclic esters (lactones) is 1. The van der Waals surface area contributed by atoms with Gasteiger partial charge >= 0.3 is 5.97 Å². The van der Waals surface area contributed by atoms with Crippen LogP contribution in [0.5, 0.6) is 11.5 Å². The van der Waals surface area contributed by atoms with Gasteiger partial charge in [-0.1, -0.05) is 42.5 Å². The summed E-state index contributed by atoms with van der Waals surface area (Å²) in [7, 11) is 1.58. The minimum atomic E-state index is -0.479. The van der Waals surface area contributed by atoms with Crippen molar-refractivity contribution < 1.29 is 19.0 Å². The van der Waals surface area contributed by atoms with Crippen molar-refractivity contribution in [3.05, 3.63) is 101 Å². The molecule has 0 amide bonds. The summed E-state index contributed by atoms with van der Waals surface area (Å²) in [6.07, 6.45) is 1.70. The van der Waals surface area contributed by atoms with Crippen molar-refractivity contribution in [2.24, 2.45) is 4.99 Å². The van der Waals surface area contributed by atoms with Gasteiger partial charge in [-0.3, -0.25) is 0 Å². The molecule has 5 heteroatoms. The third-order valence-corrected chi connectivity index (χ3v) is 4.78. The van der Waals surface area contributed by atoms with Crippen molar-refractivity contribution in [1.82, 2.24) is 0 Å². The summed E-state index contributed by atoms with van der Waals surface area (Å²) in [5.74, 6) is 1.22. The molecule has 0 saturated carbocycles. The van der Waals surface area contributed by atoms with Gasteiger partial charge in [0.15, 0.2) is 5.70 Å². The number of hydrogen-bond acceptors (Lipinski definition) is 5. The Bertz CT molecular complexity index is 1130. The smallest absolute Gasteiger partial charge is 0.363 e. The van der Waals surface area contributed by atoms with Crippen LogP contribution in [0.3, 0.4) is 0 Å². The topological polar surface area (TPSA) is 57.1 Å². The van der Waals surface area contributed by atoms with E-state index in [0.29, 0.717) is 17.9 Å². The molecular formula is C25H21NO4. The minimum Gasteiger partial charge on any atom is -0.497 e. The van der Waals surface area contributed by atoms with Gasteiger partial charge in [-0.15, -0.1) is 0 Å². The number of ether oxygens (including phenoxy) is 3. The van der Waals surface area contributed by atoms with Gasteiger partial charge < -0.3 is 14.2 Å². The van der Waals surface area contributed by atoms with E-state index in [-0.39, 0.29) is 11.6 Å². The number of aliphatic imine (C=N–C) groups is 1. The first-order valence-corrected chi connectivity index (χ1v) is 9.57. The number of esters is 1. The predicted octanol–water partition coefficient (Wildman–Crippen LogP) is 4.93. The molecule has 0 N–H and O–H groups in total. The molecule has 3 aromatic rings. The lowest BCUT2D eigenvalue weighted by atomic mass is 10.1. The average Bonchev–Trinajstić information content (AvgIpc) is 3.14. The van der Waals surface area contributed by atoms with Crippen LogP contribution in [0.4, 0.5) is 0 Å². The van der Waals surface area contributed by atoms with Crippen molar-refractivity contribution in [2.75, 3.05) is 7.11 Å². The lowest BCUT2D eigenvalue weighted by Crippen LogP contribution is -2.05. The van der Waals surface area contributed by atoms with Crippen molar-refractivity contribution >= 4 is 17.9 Å². The van der Waals surface area contributed by atoms with E-state index >= 15 is 0 Å². The van der Waals surface area contributed by atoms with Gasteiger partial charge in [0.05, 0.1) is 7.11 Å². The molecule has 1 heterocycles. The highest BCUT2D eigenvalue weighted by Crippen LogP contribution is 2.23. The summed E-state index contributed by atoms with van der Waals surface area (Å²) in [4.78, 5) is 16.6. The Morgan fingerprint density at radius 2 is 1.77 bits per heavy atom. The molecular weight excluding hydrogens is 378 g/mol. The van der Waals surface area contributed by atoms with E-state index in [1.54, 1.807) is 19.3 Å². The number of rotatable bonds is 6. The molecule has 3 aromatic carbocycles. The van der Waals surface area contributed by atoms with Crippen LogP contribution in [0.15, 0.2) is 83.5 Å². The fourth-order valence-corrected chi connectivity index (χ4v) is 3.04. The number of carbonyl (C=O) groups is 1. The van der Waals surface area contributed by atoms with E-state index in [4.69, 9.17) is 14.2 Å². The summed E-state index contributed by atoms with van der Waals surface area (Å²) in [5, 5.41) is 0. The maximum absolute atomic E-state index is 12.2. The average molecular weight is 399 g/mol. The van der Waals surface area contributed by atoms with Crippen molar-refractivity contribution in [3.8, 4) is 11.5 Å². The van der Waals surface area contributed by atoms with E-state index in [1.807, 2.05) is 54.6 Å². The third kappa shape index (κ3) is 4.41. The second-order valence-corrected chi connectivity index (χ2v) is 6.85. The second-order valence-electron chi connectivity index (χ2n) is 6.85. The zero-order valence-corrected chi connectivity index (χ0v) is 16.8. The first kappa shape index (κ1) is 19.5. The molecule has 150 valence electrons. The van der Waals surface area contributed by atoms with Crippen LogP contribution in [-0.2, 0) is 16.1 Å². The fraction of sp³-hybridized carbons (Fsp3) is 0.120. The molecule has 4 rings (SSSR count). The first-order valence-electron chi connectivity index (χ1n) is 9.57. The number of hydrogen-bond donors (Lipinski definition) is 0. The van der Waals surface area contributed by atoms with Gasteiger partial charge in [0.1, 0.15) is 18.1 Å². The van der Waals surface area contributed by atoms with E-state index in [9.17, 15) is 4.79 Å². The summed E-state index contributed by atoms with van der Waals surface area (Å²) in [5.41, 5.74) is 4.12. The van der Waals surface area contributed by atoms with Gasteiger partial charge in [0, 0.05) is 5.56 Å². The van der Waals surface area contributed by atoms with Crippen LogP contribution in [0.2, 0.25) is 0 Å². The molecule has 0 saturated heterocycles. The zero-order chi connectivity index (χ0) is 20.9. The van der Waals surface area contributed by atoms with E-state index in [2.05, 4.69) is 24.0 Å². The Morgan fingerprint density at radius 3 is 2.53 bits per heavy atom. The van der Waals surface area contributed by atoms with E-state index in [1.165, 1.54) is 5.56 Å². The first-order chi connectivity index (χ1) is 14.6. The summed E-state index contributed by atoms with van der Waals surface area (Å²) in [6.45, 7) is 2.57. The molecule has 1 aliphatic rings. The van der Waals surface area contributed by atoms with Gasteiger partial charge in [0.25, 0.3) is 0 Å². The molecule has 0 atom stereocenters. The molecule has 30 heavy (non-hydrogen) atoms. The fourth-order valence-electron chi connectivity index (χ4n) is 3.04. The monoisotopic (exact) mass is 399 g/mol. The van der Waals surface area contributed by atoms with E-state index in [0.717, 1.165) is 16.9 Å². The molecule has 0 spiro atoms. The van der Waals surface area contributed by atoms with Gasteiger partial charge in [0.2, 0.25) is 5.90 Å². The summed E-state index contributed by atoms with van der Waals surface area (Å²) >= 11 is 0. The maximum Gasteiger partial charge on any atom is 0.363 e. The Labute approximate surface area is 175 Å². The van der Waals surface area contributed by atoms with Crippen molar-refractivity contribution in [3.63, 3.8) is 0 Å². The van der Waals surface area contributed by atoms with Crippen molar-refractivity contribution in [2.45, 2.75) is 13.5 Å². The minimum absolute atomic E-state index is 0.251.